The lowest BCUT2D eigenvalue weighted by molar-refractivity contribution is -0.497. The number of quaternary nitrogens is 1. The lowest BCUT2D eigenvalue weighted by Gasteiger charge is -2.36. The van der Waals surface area contributed by atoms with Crippen molar-refractivity contribution in [2.24, 2.45) is 0 Å². The summed E-state index contributed by atoms with van der Waals surface area (Å²) < 4.78 is 4.76. The van der Waals surface area contributed by atoms with E-state index in [9.17, 15) is 10.2 Å². The fraction of sp³-hybridized carbons (Fsp3) is 1.00. The molecule has 12 heavy (non-hydrogen) atoms. The van der Waals surface area contributed by atoms with E-state index in [-0.39, 0.29) is 0 Å². The van der Waals surface area contributed by atoms with Gasteiger partial charge in [0.05, 0.1) is 6.61 Å². The van der Waals surface area contributed by atoms with Gasteiger partial charge in [-0.2, -0.15) is 0 Å². The van der Waals surface area contributed by atoms with Crippen LogP contribution in [0.15, 0.2) is 0 Å². The van der Waals surface area contributed by atoms with Gasteiger partial charge in [-0.15, -0.1) is 0 Å². The van der Waals surface area contributed by atoms with Crippen molar-refractivity contribution in [2.75, 3.05) is 6.61 Å². The van der Waals surface area contributed by atoms with Gasteiger partial charge < -0.3 is 30.9 Å². The molecule has 1 heterocycles. The molecular formula is C6H14NO5+. The first-order chi connectivity index (χ1) is 5.57. The van der Waals surface area contributed by atoms with E-state index in [1.54, 1.807) is 0 Å². The molecule has 7 N–H and O–H groups in total. The molecule has 0 unspecified atom stereocenters. The van der Waals surface area contributed by atoms with Crippen LogP contribution >= 0.6 is 0 Å². The topological polar surface area (TPSA) is 118 Å². The van der Waals surface area contributed by atoms with Crippen molar-refractivity contribution in [1.82, 2.24) is 0 Å². The van der Waals surface area contributed by atoms with Crippen molar-refractivity contribution in [2.45, 2.75) is 30.6 Å². The van der Waals surface area contributed by atoms with Gasteiger partial charge in [0.25, 0.3) is 0 Å². The van der Waals surface area contributed by atoms with Gasteiger partial charge in [0.15, 0.2) is 6.04 Å². The van der Waals surface area contributed by atoms with Crippen LogP contribution in [0.25, 0.3) is 0 Å². The summed E-state index contributed by atoms with van der Waals surface area (Å²) in [6, 6.07) is -0.789. The molecule has 0 amide bonds. The molecule has 1 saturated heterocycles. The maximum atomic E-state index is 9.25. The molecule has 0 aromatic heterocycles. The summed E-state index contributed by atoms with van der Waals surface area (Å²) in [7, 11) is 0. The van der Waals surface area contributed by atoms with E-state index >= 15 is 0 Å². The van der Waals surface area contributed by atoms with Crippen LogP contribution in [0, 0.1) is 0 Å². The molecule has 0 saturated carbocycles. The Morgan fingerprint density at radius 1 is 1.17 bits per heavy atom. The molecule has 0 aliphatic carbocycles. The van der Waals surface area contributed by atoms with E-state index in [0.717, 1.165) is 0 Å². The summed E-state index contributed by atoms with van der Waals surface area (Å²) in [5.74, 6) is 0. The van der Waals surface area contributed by atoms with Gasteiger partial charge in [0, 0.05) is 0 Å². The second kappa shape index (κ2) is 3.65. The minimum absolute atomic E-state index is 0.442. The Bertz CT molecular complexity index is 150. The number of rotatable bonds is 1. The zero-order valence-corrected chi connectivity index (χ0v) is 6.50. The number of hydrogen-bond acceptors (Lipinski definition) is 5. The summed E-state index contributed by atoms with van der Waals surface area (Å²) in [5, 5.41) is 36.3. The molecule has 1 aliphatic heterocycles. The van der Waals surface area contributed by atoms with E-state index in [1.807, 2.05) is 0 Å². The minimum Gasteiger partial charge on any atom is -0.394 e. The smallest absolute Gasteiger partial charge is 0.211 e. The van der Waals surface area contributed by atoms with E-state index in [4.69, 9.17) is 14.9 Å². The Hall–Kier alpha value is -0.240. The van der Waals surface area contributed by atoms with Crippen molar-refractivity contribution in [3.05, 3.63) is 0 Å². The standard InChI is InChI=1S/C6H13NO5/c7-3-5(10)4(9)2(1-8)12-6(3)11/h2-6,8-11H,1,7H2/p+1/t2-,3+,4-,5+,6+/m0/s1. The molecule has 0 spiro atoms. The monoisotopic (exact) mass is 180 g/mol. The van der Waals surface area contributed by atoms with Crippen LogP contribution in [0.4, 0.5) is 0 Å². The summed E-state index contributed by atoms with van der Waals surface area (Å²) in [6.45, 7) is -0.442. The average Bonchev–Trinajstić information content (AvgIpc) is 2.08. The first-order valence-electron chi connectivity index (χ1n) is 3.71. The summed E-state index contributed by atoms with van der Waals surface area (Å²) in [6.07, 6.45) is -4.53. The third-order valence-corrected chi connectivity index (χ3v) is 2.03. The van der Waals surface area contributed by atoms with Crippen LogP contribution in [0.5, 0.6) is 0 Å². The van der Waals surface area contributed by atoms with Crippen molar-refractivity contribution >= 4 is 0 Å². The predicted molar refractivity (Wildman–Crippen MR) is 36.7 cm³/mol. The molecule has 0 aromatic carbocycles. The fourth-order valence-corrected chi connectivity index (χ4v) is 1.15. The van der Waals surface area contributed by atoms with Crippen LogP contribution in [-0.4, -0.2) is 57.7 Å². The zero-order chi connectivity index (χ0) is 9.30. The maximum Gasteiger partial charge on any atom is 0.211 e. The predicted octanol–water partition coefficient (Wildman–Crippen LogP) is -3.97. The maximum absolute atomic E-state index is 9.25. The molecule has 0 radical (unpaired) electrons. The number of aliphatic hydroxyl groups excluding tert-OH is 4. The third kappa shape index (κ3) is 1.58. The second-order valence-electron chi connectivity index (χ2n) is 2.89. The molecule has 0 aromatic rings. The highest BCUT2D eigenvalue weighted by atomic mass is 16.6. The number of aliphatic hydroxyl groups is 4. The summed E-state index contributed by atoms with van der Waals surface area (Å²) >= 11 is 0. The van der Waals surface area contributed by atoms with Gasteiger partial charge >= 0.3 is 0 Å². The van der Waals surface area contributed by atoms with E-state index in [1.165, 1.54) is 0 Å². The number of ether oxygens (including phenoxy) is 1. The van der Waals surface area contributed by atoms with Crippen molar-refractivity contribution in [3.63, 3.8) is 0 Å². The van der Waals surface area contributed by atoms with Gasteiger partial charge in [0.2, 0.25) is 6.29 Å². The van der Waals surface area contributed by atoms with Crippen LogP contribution in [0.1, 0.15) is 0 Å². The molecule has 1 fully saturated rings. The Balaban J connectivity index is 2.63. The highest BCUT2D eigenvalue weighted by Crippen LogP contribution is 2.16. The van der Waals surface area contributed by atoms with Gasteiger partial charge in [-0.3, -0.25) is 0 Å². The first kappa shape index (κ1) is 9.85. The normalized spacial score (nSPS) is 49.2. The van der Waals surface area contributed by atoms with E-state index < -0.39 is 37.3 Å². The molecule has 1 rings (SSSR count). The van der Waals surface area contributed by atoms with E-state index in [0.29, 0.717) is 0 Å². The molecule has 1 aliphatic rings. The molecule has 6 heteroatoms. The Morgan fingerprint density at radius 3 is 2.25 bits per heavy atom. The Kier molecular flexibility index (Phi) is 2.99. The van der Waals surface area contributed by atoms with Crippen molar-refractivity contribution in [1.29, 1.82) is 0 Å². The van der Waals surface area contributed by atoms with Gasteiger partial charge in [-0.1, -0.05) is 0 Å². The lowest BCUT2D eigenvalue weighted by Crippen LogP contribution is -2.77. The zero-order valence-electron chi connectivity index (χ0n) is 6.50. The quantitative estimate of drug-likeness (QED) is 0.282. The van der Waals surface area contributed by atoms with Crippen LogP contribution in [0.3, 0.4) is 0 Å². The van der Waals surface area contributed by atoms with Crippen LogP contribution in [0.2, 0.25) is 0 Å². The minimum atomic E-state index is -1.24. The molecule has 6 nitrogen and oxygen atoms in total. The fourth-order valence-electron chi connectivity index (χ4n) is 1.15. The van der Waals surface area contributed by atoms with Gasteiger partial charge in [0.1, 0.15) is 18.3 Å². The molecule has 5 atom stereocenters. The Morgan fingerprint density at radius 2 is 1.75 bits per heavy atom. The molecule has 72 valence electrons. The SMILES string of the molecule is [NH3+][C@@H]1[C@@H](O)[C@@H](O)[C@H](CO)O[C@H]1O. The third-order valence-electron chi connectivity index (χ3n) is 2.03. The molecule has 0 bridgehead atoms. The average molecular weight is 180 g/mol. The van der Waals surface area contributed by atoms with Crippen molar-refractivity contribution in [3.8, 4) is 0 Å². The summed E-state index contributed by atoms with van der Waals surface area (Å²) in [5.41, 5.74) is 3.41. The summed E-state index contributed by atoms with van der Waals surface area (Å²) in [4.78, 5) is 0. The van der Waals surface area contributed by atoms with Crippen LogP contribution < -0.4 is 5.73 Å². The van der Waals surface area contributed by atoms with Crippen molar-refractivity contribution < 1.29 is 30.9 Å². The molecular weight excluding hydrogens is 166 g/mol. The second-order valence-corrected chi connectivity index (χ2v) is 2.89. The van der Waals surface area contributed by atoms with Gasteiger partial charge in [-0.05, 0) is 0 Å². The number of hydrogen-bond donors (Lipinski definition) is 5. The lowest BCUT2D eigenvalue weighted by atomic mass is 9.98. The highest BCUT2D eigenvalue weighted by Gasteiger charge is 2.43. The first-order valence-corrected chi connectivity index (χ1v) is 3.71. The van der Waals surface area contributed by atoms with Crippen LogP contribution in [-0.2, 0) is 4.74 Å². The van der Waals surface area contributed by atoms with Gasteiger partial charge in [-0.25, -0.2) is 0 Å². The van der Waals surface area contributed by atoms with E-state index in [2.05, 4.69) is 5.73 Å². The highest BCUT2D eigenvalue weighted by molar-refractivity contribution is 4.87. The largest absolute Gasteiger partial charge is 0.394 e. The Labute approximate surface area is 69.2 Å².